The molecule has 17 heavy (non-hydrogen) atoms. The summed E-state index contributed by atoms with van der Waals surface area (Å²) in [6.45, 7) is 3.30. The van der Waals surface area contributed by atoms with Crippen molar-refractivity contribution in [2.75, 3.05) is 0 Å². The highest BCUT2D eigenvalue weighted by molar-refractivity contribution is 5.19. The highest BCUT2D eigenvalue weighted by Gasteiger charge is 2.00. The van der Waals surface area contributed by atoms with Gasteiger partial charge in [-0.2, -0.15) is 5.26 Å². The van der Waals surface area contributed by atoms with Gasteiger partial charge in [0.05, 0.1) is 6.54 Å². The maximum atomic E-state index is 8.61. The molecular weight excluding hydrogens is 214 g/mol. The first-order valence-corrected chi connectivity index (χ1v) is 5.39. The molecule has 0 atom stereocenters. The number of hydrogen-bond donors (Lipinski definition) is 1. The Bertz CT molecular complexity index is 522. The molecule has 0 saturated carbocycles. The summed E-state index contributed by atoms with van der Waals surface area (Å²) in [5, 5.41) is 11.8. The van der Waals surface area contributed by atoms with Crippen molar-refractivity contribution >= 4 is 0 Å². The molecule has 4 heteroatoms. The average Bonchev–Trinajstić information content (AvgIpc) is 2.80. The first kappa shape index (κ1) is 11.4. The molecule has 0 bridgehead atoms. The SMILES string of the molecule is Cc1ccc(CNCc2ccc(C#N)o2)cn1. The zero-order valence-corrected chi connectivity index (χ0v) is 9.60. The van der Waals surface area contributed by atoms with E-state index in [-0.39, 0.29) is 0 Å². The Kier molecular flexibility index (Phi) is 3.53. The Balaban J connectivity index is 1.83. The Morgan fingerprint density at radius 1 is 1.29 bits per heavy atom. The molecule has 2 aromatic heterocycles. The molecular formula is C13H13N3O. The summed E-state index contributed by atoms with van der Waals surface area (Å²) in [5.74, 6) is 1.11. The van der Waals surface area contributed by atoms with Crippen molar-refractivity contribution in [2.24, 2.45) is 0 Å². The lowest BCUT2D eigenvalue weighted by molar-refractivity contribution is 0.473. The molecule has 2 rings (SSSR count). The number of nitrogens with zero attached hydrogens (tertiary/aromatic N) is 2. The molecule has 4 nitrogen and oxygen atoms in total. The molecule has 2 aromatic rings. The normalized spacial score (nSPS) is 10.1. The predicted octanol–water partition coefficient (Wildman–Crippen LogP) is 2.14. The van der Waals surface area contributed by atoms with Crippen LogP contribution >= 0.6 is 0 Å². The number of aromatic nitrogens is 1. The fourth-order valence-electron chi connectivity index (χ4n) is 1.47. The fraction of sp³-hybridized carbons (Fsp3) is 0.231. The van der Waals surface area contributed by atoms with E-state index in [0.717, 1.165) is 23.6 Å². The van der Waals surface area contributed by atoms with Gasteiger partial charge in [0.25, 0.3) is 0 Å². The minimum Gasteiger partial charge on any atom is -0.449 e. The van der Waals surface area contributed by atoms with E-state index in [0.29, 0.717) is 12.3 Å². The maximum Gasteiger partial charge on any atom is 0.203 e. The summed E-state index contributed by atoms with van der Waals surface area (Å²) < 4.78 is 5.25. The van der Waals surface area contributed by atoms with E-state index in [1.54, 1.807) is 12.1 Å². The van der Waals surface area contributed by atoms with Crippen LogP contribution in [-0.4, -0.2) is 4.98 Å². The summed E-state index contributed by atoms with van der Waals surface area (Å²) in [6, 6.07) is 9.46. The van der Waals surface area contributed by atoms with E-state index < -0.39 is 0 Å². The third-order valence-corrected chi connectivity index (χ3v) is 2.37. The fourth-order valence-corrected chi connectivity index (χ4v) is 1.47. The number of hydrogen-bond acceptors (Lipinski definition) is 4. The molecule has 0 fully saturated rings. The molecule has 86 valence electrons. The molecule has 0 radical (unpaired) electrons. The third-order valence-electron chi connectivity index (χ3n) is 2.37. The first-order chi connectivity index (χ1) is 8.28. The smallest absolute Gasteiger partial charge is 0.203 e. The van der Waals surface area contributed by atoms with E-state index in [9.17, 15) is 0 Å². The van der Waals surface area contributed by atoms with Gasteiger partial charge < -0.3 is 9.73 Å². The van der Waals surface area contributed by atoms with Crippen LogP contribution in [0.25, 0.3) is 0 Å². The van der Waals surface area contributed by atoms with E-state index in [4.69, 9.17) is 9.68 Å². The molecule has 1 N–H and O–H groups in total. The van der Waals surface area contributed by atoms with Crippen LogP contribution in [0.15, 0.2) is 34.9 Å². The van der Waals surface area contributed by atoms with E-state index in [1.807, 2.05) is 31.3 Å². The number of furan rings is 1. The molecule has 0 aromatic carbocycles. The van der Waals surface area contributed by atoms with Crippen LogP contribution in [0.5, 0.6) is 0 Å². The van der Waals surface area contributed by atoms with Crippen LogP contribution < -0.4 is 5.32 Å². The zero-order chi connectivity index (χ0) is 12.1. The number of nitriles is 1. The maximum absolute atomic E-state index is 8.61. The van der Waals surface area contributed by atoms with Crippen LogP contribution in [0.2, 0.25) is 0 Å². The quantitative estimate of drug-likeness (QED) is 0.869. The molecule has 2 heterocycles. The number of rotatable bonds is 4. The summed E-state index contributed by atoms with van der Waals surface area (Å²) in [5.41, 5.74) is 2.14. The van der Waals surface area contributed by atoms with Crippen molar-refractivity contribution in [1.82, 2.24) is 10.3 Å². The molecule has 0 unspecified atom stereocenters. The van der Waals surface area contributed by atoms with E-state index in [1.165, 1.54) is 0 Å². The van der Waals surface area contributed by atoms with Gasteiger partial charge in [-0.3, -0.25) is 4.98 Å². The van der Waals surface area contributed by atoms with Gasteiger partial charge in [0.2, 0.25) is 5.76 Å². The average molecular weight is 227 g/mol. The van der Waals surface area contributed by atoms with Crippen molar-refractivity contribution in [3.63, 3.8) is 0 Å². The summed E-state index contributed by atoms with van der Waals surface area (Å²) in [7, 11) is 0. The summed E-state index contributed by atoms with van der Waals surface area (Å²) >= 11 is 0. The minimum atomic E-state index is 0.346. The Labute approximate surface area is 99.9 Å². The zero-order valence-electron chi connectivity index (χ0n) is 9.60. The molecule has 0 saturated heterocycles. The Hall–Kier alpha value is -2.12. The van der Waals surface area contributed by atoms with Crippen molar-refractivity contribution in [3.05, 3.63) is 53.2 Å². The van der Waals surface area contributed by atoms with Crippen LogP contribution in [-0.2, 0) is 13.1 Å². The number of nitrogens with one attached hydrogen (secondary N) is 1. The molecule has 0 aliphatic rings. The molecule has 0 spiro atoms. The van der Waals surface area contributed by atoms with Crippen molar-refractivity contribution in [1.29, 1.82) is 5.26 Å². The summed E-state index contributed by atoms with van der Waals surface area (Å²) in [4.78, 5) is 4.22. The van der Waals surface area contributed by atoms with Gasteiger partial charge in [0, 0.05) is 18.4 Å². The summed E-state index contributed by atoms with van der Waals surface area (Å²) in [6.07, 6.45) is 1.85. The second-order valence-electron chi connectivity index (χ2n) is 3.79. The van der Waals surface area contributed by atoms with Crippen LogP contribution in [0.4, 0.5) is 0 Å². The molecule has 0 aliphatic carbocycles. The lowest BCUT2D eigenvalue weighted by Crippen LogP contribution is -2.12. The van der Waals surface area contributed by atoms with Gasteiger partial charge >= 0.3 is 0 Å². The standard InChI is InChI=1S/C13H13N3O/c1-10-2-3-11(8-16-10)7-15-9-13-5-4-12(6-14)17-13/h2-5,8,15H,7,9H2,1H3. The lowest BCUT2D eigenvalue weighted by atomic mass is 10.2. The third kappa shape index (κ3) is 3.16. The lowest BCUT2D eigenvalue weighted by Gasteiger charge is -2.02. The number of pyridine rings is 1. The number of aryl methyl sites for hydroxylation is 1. The Morgan fingerprint density at radius 2 is 2.18 bits per heavy atom. The van der Waals surface area contributed by atoms with Crippen molar-refractivity contribution in [2.45, 2.75) is 20.0 Å². The van der Waals surface area contributed by atoms with Gasteiger partial charge in [0.1, 0.15) is 11.8 Å². The van der Waals surface area contributed by atoms with Crippen molar-refractivity contribution in [3.8, 4) is 6.07 Å². The largest absolute Gasteiger partial charge is 0.449 e. The predicted molar refractivity (Wildman–Crippen MR) is 62.9 cm³/mol. The highest BCUT2D eigenvalue weighted by atomic mass is 16.3. The van der Waals surface area contributed by atoms with Gasteiger partial charge in [-0.25, -0.2) is 0 Å². The van der Waals surface area contributed by atoms with Crippen LogP contribution in [0.1, 0.15) is 22.8 Å². The monoisotopic (exact) mass is 227 g/mol. The minimum absolute atomic E-state index is 0.346. The first-order valence-electron chi connectivity index (χ1n) is 5.39. The van der Waals surface area contributed by atoms with Crippen LogP contribution in [0, 0.1) is 18.3 Å². The van der Waals surface area contributed by atoms with E-state index >= 15 is 0 Å². The highest BCUT2D eigenvalue weighted by Crippen LogP contribution is 2.06. The Morgan fingerprint density at radius 3 is 2.82 bits per heavy atom. The van der Waals surface area contributed by atoms with Crippen LogP contribution in [0.3, 0.4) is 0 Å². The van der Waals surface area contributed by atoms with Crippen molar-refractivity contribution < 1.29 is 4.42 Å². The second kappa shape index (κ2) is 5.28. The van der Waals surface area contributed by atoms with Gasteiger partial charge in [0.15, 0.2) is 0 Å². The second-order valence-corrected chi connectivity index (χ2v) is 3.79. The molecule has 0 amide bonds. The van der Waals surface area contributed by atoms with Gasteiger partial charge in [-0.1, -0.05) is 6.07 Å². The molecule has 0 aliphatic heterocycles. The van der Waals surface area contributed by atoms with Gasteiger partial charge in [-0.15, -0.1) is 0 Å². The van der Waals surface area contributed by atoms with E-state index in [2.05, 4.69) is 10.3 Å². The topological polar surface area (TPSA) is 61.9 Å². The van der Waals surface area contributed by atoms with Gasteiger partial charge in [-0.05, 0) is 30.7 Å².